The fraction of sp³-hybridized carbons (Fsp3) is 0.190. The van der Waals surface area contributed by atoms with E-state index in [1.165, 1.54) is 32.1 Å². The number of halogens is 1. The standard InChI is InChI=1S/C21H21FN2O4/c1-14(20(26)23-13-17-8-10-18(22)11-9-17)28-21(27)19(24-15(2)25)12-16-6-4-3-5-7-16/h3-12,14H,13H2,1-2H3,(H,23,26)(H,24,25)/b19-12-/t14-/m1/s1. The maximum atomic E-state index is 12.9. The monoisotopic (exact) mass is 384 g/mol. The molecule has 0 aliphatic rings. The van der Waals surface area contributed by atoms with Gasteiger partial charge in [0.05, 0.1) is 0 Å². The highest BCUT2D eigenvalue weighted by Gasteiger charge is 2.21. The molecule has 0 saturated heterocycles. The van der Waals surface area contributed by atoms with Crippen molar-refractivity contribution < 1.29 is 23.5 Å². The molecular weight excluding hydrogens is 363 g/mol. The minimum Gasteiger partial charge on any atom is -0.448 e. The Labute approximate surface area is 162 Å². The molecule has 0 saturated carbocycles. The summed E-state index contributed by atoms with van der Waals surface area (Å²) in [6, 6.07) is 14.6. The zero-order chi connectivity index (χ0) is 20.5. The van der Waals surface area contributed by atoms with Crippen molar-refractivity contribution in [1.29, 1.82) is 0 Å². The van der Waals surface area contributed by atoms with E-state index in [2.05, 4.69) is 10.6 Å². The second-order valence-electron chi connectivity index (χ2n) is 6.04. The third-order valence-electron chi connectivity index (χ3n) is 3.67. The van der Waals surface area contributed by atoms with Gasteiger partial charge in [-0.3, -0.25) is 9.59 Å². The van der Waals surface area contributed by atoms with Gasteiger partial charge in [0, 0.05) is 13.5 Å². The third kappa shape index (κ3) is 6.68. The first kappa shape index (κ1) is 20.8. The largest absolute Gasteiger partial charge is 0.448 e. The van der Waals surface area contributed by atoms with Crippen LogP contribution in [0.5, 0.6) is 0 Å². The Morgan fingerprint density at radius 3 is 2.32 bits per heavy atom. The first-order valence-electron chi connectivity index (χ1n) is 8.62. The quantitative estimate of drug-likeness (QED) is 0.568. The molecule has 0 bridgehead atoms. The molecule has 0 heterocycles. The molecule has 2 N–H and O–H groups in total. The number of esters is 1. The Morgan fingerprint density at radius 1 is 1.07 bits per heavy atom. The van der Waals surface area contributed by atoms with E-state index in [0.717, 1.165) is 0 Å². The van der Waals surface area contributed by atoms with Gasteiger partial charge in [0.15, 0.2) is 6.10 Å². The number of rotatable bonds is 7. The van der Waals surface area contributed by atoms with Crippen molar-refractivity contribution in [2.45, 2.75) is 26.5 Å². The maximum Gasteiger partial charge on any atom is 0.355 e. The normalized spacial score (nSPS) is 12.0. The lowest BCUT2D eigenvalue weighted by molar-refractivity contribution is -0.151. The first-order chi connectivity index (χ1) is 13.3. The fourth-order valence-corrected chi connectivity index (χ4v) is 2.26. The van der Waals surface area contributed by atoms with Gasteiger partial charge in [-0.05, 0) is 36.3 Å². The summed E-state index contributed by atoms with van der Waals surface area (Å²) in [4.78, 5) is 35.9. The second-order valence-corrected chi connectivity index (χ2v) is 6.04. The summed E-state index contributed by atoms with van der Waals surface area (Å²) >= 11 is 0. The minimum absolute atomic E-state index is 0.0723. The number of hydrogen-bond donors (Lipinski definition) is 2. The Kier molecular flexibility index (Phi) is 7.45. The van der Waals surface area contributed by atoms with Crippen molar-refractivity contribution in [3.8, 4) is 0 Å². The topological polar surface area (TPSA) is 84.5 Å². The summed E-state index contributed by atoms with van der Waals surface area (Å²) < 4.78 is 18.1. The van der Waals surface area contributed by atoms with Crippen LogP contribution in [0.15, 0.2) is 60.3 Å². The van der Waals surface area contributed by atoms with Crippen LogP contribution in [0, 0.1) is 5.82 Å². The van der Waals surface area contributed by atoms with Crippen molar-refractivity contribution in [2.75, 3.05) is 0 Å². The van der Waals surface area contributed by atoms with Gasteiger partial charge in [0.2, 0.25) is 5.91 Å². The van der Waals surface area contributed by atoms with Gasteiger partial charge < -0.3 is 15.4 Å². The number of nitrogens with one attached hydrogen (secondary N) is 2. The summed E-state index contributed by atoms with van der Waals surface area (Å²) in [7, 11) is 0. The van der Waals surface area contributed by atoms with Gasteiger partial charge in [-0.15, -0.1) is 0 Å². The van der Waals surface area contributed by atoms with Crippen LogP contribution < -0.4 is 10.6 Å². The average Bonchev–Trinajstić information content (AvgIpc) is 2.67. The number of carbonyl (C=O) groups excluding carboxylic acids is 3. The maximum absolute atomic E-state index is 12.9. The van der Waals surface area contributed by atoms with E-state index in [9.17, 15) is 18.8 Å². The summed E-state index contributed by atoms with van der Waals surface area (Å²) in [5.74, 6) is -2.15. The van der Waals surface area contributed by atoms with Gasteiger partial charge in [0.1, 0.15) is 11.5 Å². The van der Waals surface area contributed by atoms with E-state index in [1.54, 1.807) is 36.4 Å². The number of carbonyl (C=O) groups is 3. The predicted octanol–water partition coefficient (Wildman–Crippen LogP) is 2.55. The summed E-state index contributed by atoms with van der Waals surface area (Å²) in [5.41, 5.74) is 1.32. The number of hydrogen-bond acceptors (Lipinski definition) is 4. The minimum atomic E-state index is -1.08. The molecule has 0 aromatic heterocycles. The van der Waals surface area contributed by atoms with Crippen LogP contribution in [-0.4, -0.2) is 23.9 Å². The van der Waals surface area contributed by atoms with Crippen LogP contribution in [0.2, 0.25) is 0 Å². The number of ether oxygens (including phenoxy) is 1. The molecule has 2 aromatic carbocycles. The van der Waals surface area contributed by atoms with Crippen LogP contribution in [0.3, 0.4) is 0 Å². The van der Waals surface area contributed by atoms with Gasteiger partial charge in [0.25, 0.3) is 5.91 Å². The molecule has 0 fully saturated rings. The smallest absolute Gasteiger partial charge is 0.355 e. The molecule has 0 radical (unpaired) electrons. The molecule has 0 spiro atoms. The number of benzene rings is 2. The van der Waals surface area contributed by atoms with Crippen LogP contribution >= 0.6 is 0 Å². The van der Waals surface area contributed by atoms with Crippen LogP contribution in [0.4, 0.5) is 4.39 Å². The highest BCUT2D eigenvalue weighted by Crippen LogP contribution is 2.08. The molecule has 2 aromatic rings. The van der Waals surface area contributed by atoms with Crippen molar-refractivity contribution in [1.82, 2.24) is 10.6 Å². The van der Waals surface area contributed by atoms with Crippen molar-refractivity contribution >= 4 is 23.9 Å². The van der Waals surface area contributed by atoms with Crippen molar-refractivity contribution in [3.63, 3.8) is 0 Å². The molecule has 0 aliphatic heterocycles. The molecule has 28 heavy (non-hydrogen) atoms. The zero-order valence-corrected chi connectivity index (χ0v) is 15.6. The summed E-state index contributed by atoms with van der Waals surface area (Å²) in [5, 5.41) is 5.02. The molecule has 7 heteroatoms. The Morgan fingerprint density at radius 2 is 1.71 bits per heavy atom. The van der Waals surface area contributed by atoms with E-state index in [1.807, 2.05) is 6.07 Å². The highest BCUT2D eigenvalue weighted by atomic mass is 19.1. The molecule has 6 nitrogen and oxygen atoms in total. The SMILES string of the molecule is CC(=O)N/C(=C\c1ccccc1)C(=O)O[C@H](C)C(=O)NCc1ccc(F)cc1. The summed E-state index contributed by atoms with van der Waals surface area (Å²) in [6.45, 7) is 2.86. The van der Waals surface area contributed by atoms with Gasteiger partial charge in [-0.2, -0.15) is 0 Å². The first-order valence-corrected chi connectivity index (χ1v) is 8.62. The van der Waals surface area contributed by atoms with E-state index in [0.29, 0.717) is 11.1 Å². The van der Waals surface area contributed by atoms with Crippen molar-refractivity contribution in [3.05, 3.63) is 77.2 Å². The van der Waals surface area contributed by atoms with E-state index in [4.69, 9.17) is 4.74 Å². The fourth-order valence-electron chi connectivity index (χ4n) is 2.26. The van der Waals surface area contributed by atoms with Gasteiger partial charge in [-0.25, -0.2) is 9.18 Å². The van der Waals surface area contributed by atoms with Gasteiger partial charge >= 0.3 is 5.97 Å². The van der Waals surface area contributed by atoms with Gasteiger partial charge in [-0.1, -0.05) is 42.5 Å². The van der Waals surface area contributed by atoms with E-state index >= 15 is 0 Å². The molecular formula is C21H21FN2O4. The van der Waals surface area contributed by atoms with E-state index in [-0.39, 0.29) is 18.1 Å². The molecule has 0 unspecified atom stereocenters. The Hall–Kier alpha value is -3.48. The van der Waals surface area contributed by atoms with Crippen LogP contribution in [0.1, 0.15) is 25.0 Å². The van der Waals surface area contributed by atoms with E-state index < -0.39 is 23.9 Å². The van der Waals surface area contributed by atoms with Crippen LogP contribution in [0.25, 0.3) is 6.08 Å². The highest BCUT2D eigenvalue weighted by molar-refractivity contribution is 5.98. The molecule has 1 atom stereocenters. The Balaban J connectivity index is 1.98. The molecule has 146 valence electrons. The average molecular weight is 384 g/mol. The lowest BCUT2D eigenvalue weighted by Gasteiger charge is -2.15. The van der Waals surface area contributed by atoms with Crippen molar-refractivity contribution in [2.24, 2.45) is 0 Å². The van der Waals surface area contributed by atoms with Crippen LogP contribution in [-0.2, 0) is 25.7 Å². The lowest BCUT2D eigenvalue weighted by atomic mass is 10.2. The third-order valence-corrected chi connectivity index (χ3v) is 3.67. The molecule has 0 aliphatic carbocycles. The lowest BCUT2D eigenvalue weighted by Crippen LogP contribution is -2.37. The second kappa shape index (κ2) is 10.0. The predicted molar refractivity (Wildman–Crippen MR) is 102 cm³/mol. The molecule has 2 amide bonds. The summed E-state index contributed by atoms with van der Waals surface area (Å²) in [6.07, 6.45) is 0.383. The Bertz CT molecular complexity index is 864. The molecule has 2 rings (SSSR count). The zero-order valence-electron chi connectivity index (χ0n) is 15.6. The number of amides is 2.